The number of aryl methyl sites for hydroxylation is 1. The highest BCUT2D eigenvalue weighted by Crippen LogP contribution is 2.33. The zero-order valence-electron chi connectivity index (χ0n) is 12.6. The molecular formula is C16H21BrN4. The zero-order valence-corrected chi connectivity index (χ0v) is 14.2. The highest BCUT2D eigenvalue weighted by Gasteiger charge is 2.23. The van der Waals surface area contributed by atoms with Gasteiger partial charge in [0.25, 0.3) is 0 Å². The van der Waals surface area contributed by atoms with E-state index in [4.69, 9.17) is 0 Å². The molecule has 3 rings (SSSR count). The van der Waals surface area contributed by atoms with Gasteiger partial charge in [-0.2, -0.15) is 0 Å². The van der Waals surface area contributed by atoms with E-state index in [-0.39, 0.29) is 0 Å². The van der Waals surface area contributed by atoms with Crippen LogP contribution < -0.4 is 0 Å². The molecule has 1 fully saturated rings. The maximum atomic E-state index is 4.26. The van der Waals surface area contributed by atoms with Crippen molar-refractivity contribution >= 4 is 15.9 Å². The van der Waals surface area contributed by atoms with Gasteiger partial charge in [0.05, 0.1) is 6.54 Å². The third kappa shape index (κ3) is 3.19. The largest absolute Gasteiger partial charge is 0.317 e. The van der Waals surface area contributed by atoms with Crippen molar-refractivity contribution in [3.05, 3.63) is 46.0 Å². The molecule has 1 saturated heterocycles. The summed E-state index contributed by atoms with van der Waals surface area (Å²) in [5.41, 5.74) is 1.45. The molecule has 0 N–H and O–H groups in total. The molecule has 112 valence electrons. The van der Waals surface area contributed by atoms with E-state index >= 15 is 0 Å². The lowest BCUT2D eigenvalue weighted by atomic mass is 9.89. The Hall–Kier alpha value is -1.20. The molecule has 0 saturated carbocycles. The third-order valence-corrected chi connectivity index (χ3v) is 5.20. The van der Waals surface area contributed by atoms with Crippen LogP contribution in [0.3, 0.4) is 0 Å². The van der Waals surface area contributed by atoms with E-state index in [2.05, 4.69) is 59.9 Å². The van der Waals surface area contributed by atoms with E-state index in [9.17, 15) is 0 Å². The average Bonchev–Trinajstić information content (AvgIpc) is 2.81. The predicted octanol–water partition coefficient (Wildman–Crippen LogP) is 3.27. The van der Waals surface area contributed by atoms with Crippen molar-refractivity contribution in [2.24, 2.45) is 7.05 Å². The lowest BCUT2D eigenvalue weighted by Crippen LogP contribution is -2.33. The molecule has 2 aromatic rings. The first-order chi connectivity index (χ1) is 10.1. The van der Waals surface area contributed by atoms with E-state index in [1.165, 1.54) is 22.9 Å². The molecule has 0 unspecified atom stereocenters. The van der Waals surface area contributed by atoms with Gasteiger partial charge in [0.15, 0.2) is 0 Å². The van der Waals surface area contributed by atoms with Crippen molar-refractivity contribution in [2.75, 3.05) is 13.1 Å². The first kappa shape index (κ1) is 14.7. The van der Waals surface area contributed by atoms with Gasteiger partial charge in [-0.25, -0.2) is 0 Å². The topological polar surface area (TPSA) is 34.0 Å². The van der Waals surface area contributed by atoms with Crippen molar-refractivity contribution in [1.29, 1.82) is 0 Å². The van der Waals surface area contributed by atoms with Gasteiger partial charge in [0.2, 0.25) is 0 Å². The molecule has 5 heteroatoms. The Bertz CT molecular complexity index is 614. The molecule has 1 aliphatic rings. The molecule has 1 aliphatic heterocycles. The van der Waals surface area contributed by atoms with E-state index in [1.54, 1.807) is 0 Å². The fourth-order valence-corrected chi connectivity index (χ4v) is 3.61. The molecule has 0 radical (unpaired) electrons. The number of halogens is 1. The van der Waals surface area contributed by atoms with Gasteiger partial charge in [0.1, 0.15) is 11.6 Å². The van der Waals surface area contributed by atoms with E-state index in [0.717, 1.165) is 31.3 Å². The Morgan fingerprint density at radius 1 is 1.19 bits per heavy atom. The van der Waals surface area contributed by atoms with Crippen LogP contribution in [0.25, 0.3) is 0 Å². The van der Waals surface area contributed by atoms with Crippen LogP contribution in [0.5, 0.6) is 0 Å². The van der Waals surface area contributed by atoms with Crippen molar-refractivity contribution in [3.63, 3.8) is 0 Å². The van der Waals surface area contributed by atoms with Crippen LogP contribution >= 0.6 is 15.9 Å². The maximum Gasteiger partial charge on any atom is 0.146 e. The molecule has 0 atom stereocenters. The Balaban J connectivity index is 1.61. The summed E-state index contributed by atoms with van der Waals surface area (Å²) in [7, 11) is 2.04. The lowest BCUT2D eigenvalue weighted by molar-refractivity contribution is 0.198. The minimum Gasteiger partial charge on any atom is -0.317 e. The van der Waals surface area contributed by atoms with Crippen molar-refractivity contribution in [1.82, 2.24) is 19.7 Å². The Labute approximate surface area is 134 Å². The highest BCUT2D eigenvalue weighted by atomic mass is 79.9. The van der Waals surface area contributed by atoms with Gasteiger partial charge in [-0.1, -0.05) is 34.1 Å². The number of nitrogens with zero attached hydrogens (tertiary/aromatic N) is 4. The van der Waals surface area contributed by atoms with Gasteiger partial charge in [-0.15, -0.1) is 10.2 Å². The fourth-order valence-electron chi connectivity index (χ4n) is 3.00. The summed E-state index contributed by atoms with van der Waals surface area (Å²) in [6, 6.07) is 8.61. The molecule has 21 heavy (non-hydrogen) atoms. The summed E-state index contributed by atoms with van der Waals surface area (Å²) in [6.45, 7) is 5.14. The van der Waals surface area contributed by atoms with E-state index in [1.807, 2.05) is 14.0 Å². The molecule has 0 bridgehead atoms. The molecular weight excluding hydrogens is 328 g/mol. The predicted molar refractivity (Wildman–Crippen MR) is 87.1 cm³/mol. The monoisotopic (exact) mass is 348 g/mol. The fraction of sp³-hybridized carbons (Fsp3) is 0.500. The number of benzene rings is 1. The standard InChI is InChI=1S/C16H21BrN4/c1-12-18-19-16(20(12)2)11-21-9-7-13(8-10-21)14-5-3-4-6-15(14)17/h3-6,13H,7-11H2,1-2H3. The van der Waals surface area contributed by atoms with Crippen LogP contribution in [0.4, 0.5) is 0 Å². The second-order valence-electron chi connectivity index (χ2n) is 5.79. The van der Waals surface area contributed by atoms with Crippen molar-refractivity contribution < 1.29 is 0 Å². The zero-order chi connectivity index (χ0) is 14.8. The average molecular weight is 349 g/mol. The molecule has 1 aromatic carbocycles. The van der Waals surface area contributed by atoms with Gasteiger partial charge in [-0.3, -0.25) is 4.90 Å². The van der Waals surface area contributed by atoms with Crippen LogP contribution in [-0.4, -0.2) is 32.8 Å². The van der Waals surface area contributed by atoms with E-state index in [0.29, 0.717) is 5.92 Å². The smallest absolute Gasteiger partial charge is 0.146 e. The molecule has 0 amide bonds. The Morgan fingerprint density at radius 3 is 2.52 bits per heavy atom. The lowest BCUT2D eigenvalue weighted by Gasteiger charge is -2.32. The van der Waals surface area contributed by atoms with Gasteiger partial charge < -0.3 is 4.57 Å². The van der Waals surface area contributed by atoms with Crippen LogP contribution in [0, 0.1) is 6.92 Å². The summed E-state index contributed by atoms with van der Waals surface area (Å²) in [4.78, 5) is 2.48. The number of rotatable bonds is 3. The first-order valence-electron chi connectivity index (χ1n) is 7.47. The normalized spacial score (nSPS) is 17.3. The number of hydrogen-bond acceptors (Lipinski definition) is 3. The summed E-state index contributed by atoms with van der Waals surface area (Å²) >= 11 is 3.68. The highest BCUT2D eigenvalue weighted by molar-refractivity contribution is 9.10. The first-order valence-corrected chi connectivity index (χ1v) is 8.26. The minimum atomic E-state index is 0.665. The van der Waals surface area contributed by atoms with Crippen molar-refractivity contribution in [2.45, 2.75) is 32.2 Å². The van der Waals surface area contributed by atoms with Gasteiger partial charge >= 0.3 is 0 Å². The summed E-state index contributed by atoms with van der Waals surface area (Å²) in [5.74, 6) is 2.71. The van der Waals surface area contributed by atoms with Crippen molar-refractivity contribution in [3.8, 4) is 0 Å². The van der Waals surface area contributed by atoms with Crippen LogP contribution in [-0.2, 0) is 13.6 Å². The number of likely N-dealkylation sites (tertiary alicyclic amines) is 1. The molecule has 1 aromatic heterocycles. The third-order valence-electron chi connectivity index (χ3n) is 4.48. The van der Waals surface area contributed by atoms with E-state index < -0.39 is 0 Å². The number of hydrogen-bond donors (Lipinski definition) is 0. The van der Waals surface area contributed by atoms with Crippen LogP contribution in [0.2, 0.25) is 0 Å². The molecule has 2 heterocycles. The SMILES string of the molecule is Cc1nnc(CN2CCC(c3ccccc3Br)CC2)n1C. The van der Waals surface area contributed by atoms with Gasteiger partial charge in [0, 0.05) is 11.5 Å². The molecule has 4 nitrogen and oxygen atoms in total. The second kappa shape index (κ2) is 6.28. The maximum absolute atomic E-state index is 4.26. The Morgan fingerprint density at radius 2 is 1.90 bits per heavy atom. The molecule has 0 spiro atoms. The summed E-state index contributed by atoms with van der Waals surface area (Å²) < 4.78 is 3.33. The Kier molecular flexibility index (Phi) is 4.40. The van der Waals surface area contributed by atoms with Gasteiger partial charge in [-0.05, 0) is 50.4 Å². The summed E-state index contributed by atoms with van der Waals surface area (Å²) in [6.07, 6.45) is 2.42. The van der Waals surface area contributed by atoms with Crippen LogP contribution in [0.15, 0.2) is 28.7 Å². The second-order valence-corrected chi connectivity index (χ2v) is 6.65. The van der Waals surface area contributed by atoms with Crippen LogP contribution in [0.1, 0.15) is 36.0 Å². The molecule has 0 aliphatic carbocycles. The minimum absolute atomic E-state index is 0.665. The summed E-state index contributed by atoms with van der Waals surface area (Å²) in [5, 5.41) is 8.40. The quantitative estimate of drug-likeness (QED) is 0.853. The number of aromatic nitrogens is 3. The number of piperidine rings is 1.